The van der Waals surface area contributed by atoms with E-state index in [-0.39, 0.29) is 24.0 Å². The second kappa shape index (κ2) is 26.8. The maximum atomic E-state index is 12.5. The smallest absolute Gasteiger partial charge is 0.224 e. The third-order valence-electron chi connectivity index (χ3n) is 17.4. The van der Waals surface area contributed by atoms with Crippen molar-refractivity contribution in [3.05, 3.63) is 139 Å². The first-order valence-electron chi connectivity index (χ1n) is 29.7. The molecule has 4 aliphatic heterocycles. The Morgan fingerprint density at radius 1 is 0.667 bits per heavy atom. The minimum absolute atomic E-state index is 0.0225. The van der Waals surface area contributed by atoms with Crippen molar-refractivity contribution in [2.24, 2.45) is 5.92 Å². The average molecular weight is 1220 g/mol. The average Bonchev–Trinajstić information content (AvgIpc) is 3.25. The first-order chi connectivity index (χ1) is 38.8. The Morgan fingerprint density at radius 2 is 1.12 bits per heavy atom. The molecule has 0 aromatic heterocycles. The van der Waals surface area contributed by atoms with Crippen molar-refractivity contribution in [1.29, 1.82) is 0 Å². The molecule has 2 saturated carbocycles. The SMILES string of the molecule is COC1(c2ccc(Cl)c(Cc3ccc(C4COC5(CCCC5)C4)cc3)c2)O[C@H](CO)[C@@H](O)[C@H](O)[C@H]1O.COS.[3H]C[C@H]1OC(O)(c2ccc(Cl)c(Cc3ccc(C4COC5(CCCC5)C4)cc3)c2)[C@H](O[Si](C)(C)C)[C@@H](O[Si](C)(C)C)[C@@H]1C. The van der Waals surface area contributed by atoms with Crippen LogP contribution >= 0.6 is 36.1 Å². The van der Waals surface area contributed by atoms with E-state index in [1.54, 1.807) is 18.2 Å². The molecule has 4 aromatic rings. The van der Waals surface area contributed by atoms with E-state index in [4.69, 9.17) is 57.1 Å². The van der Waals surface area contributed by atoms with Crippen LogP contribution in [0.15, 0.2) is 84.9 Å². The van der Waals surface area contributed by atoms with Gasteiger partial charge in [0.25, 0.3) is 0 Å². The van der Waals surface area contributed by atoms with E-state index in [2.05, 4.69) is 105 Å². The first-order valence-corrected chi connectivity index (χ1v) is 36.9. The molecule has 2 spiro atoms. The summed E-state index contributed by atoms with van der Waals surface area (Å²) in [4.78, 5) is 0. The highest BCUT2D eigenvalue weighted by atomic mass is 35.5. The molecule has 2 aliphatic carbocycles. The lowest BCUT2D eigenvalue weighted by atomic mass is 9.83. The Kier molecular flexibility index (Phi) is 20.9. The van der Waals surface area contributed by atoms with Crippen molar-refractivity contribution in [2.75, 3.05) is 34.0 Å². The topological polar surface area (TPSA) is 175 Å². The third-order valence-corrected chi connectivity index (χ3v) is 20.1. The summed E-state index contributed by atoms with van der Waals surface area (Å²) < 4.78 is 56.0. The monoisotopic (exact) mass is 1210 g/mol. The van der Waals surface area contributed by atoms with E-state index in [1.807, 2.05) is 25.1 Å². The van der Waals surface area contributed by atoms with Crippen LogP contribution in [0.5, 0.6) is 0 Å². The Morgan fingerprint density at radius 3 is 1.56 bits per heavy atom. The highest BCUT2D eigenvalue weighted by molar-refractivity contribution is 7.75. The molecule has 4 unspecified atom stereocenters. The number of thiol groups is 1. The molecule has 81 heavy (non-hydrogen) atoms. The van der Waals surface area contributed by atoms with Crippen LogP contribution in [0.4, 0.5) is 0 Å². The number of halogens is 2. The van der Waals surface area contributed by atoms with E-state index in [9.17, 15) is 25.5 Å². The van der Waals surface area contributed by atoms with Gasteiger partial charge in [-0.15, -0.1) is 0 Å². The van der Waals surface area contributed by atoms with Crippen molar-refractivity contribution in [2.45, 2.75) is 207 Å². The predicted octanol–water partition coefficient (Wildman–Crippen LogP) is 11.9. The molecular weight excluding hydrogens is 1120 g/mol. The van der Waals surface area contributed by atoms with Gasteiger partial charge in [0, 0.05) is 54.5 Å². The maximum Gasteiger partial charge on any atom is 0.224 e. The summed E-state index contributed by atoms with van der Waals surface area (Å²) in [5.74, 6) is -2.76. The Balaban J connectivity index is 0.000000208. The van der Waals surface area contributed by atoms with Crippen LogP contribution in [-0.4, -0.2) is 130 Å². The second-order valence-corrected chi connectivity index (χ2v) is 35.6. The van der Waals surface area contributed by atoms with Gasteiger partial charge in [-0.1, -0.05) is 116 Å². The molecule has 4 saturated heterocycles. The fourth-order valence-corrected chi connectivity index (χ4v) is 15.7. The summed E-state index contributed by atoms with van der Waals surface area (Å²) in [5.41, 5.74) is 7.81. The fourth-order valence-electron chi connectivity index (χ4n) is 13.1. The third kappa shape index (κ3) is 14.9. The zero-order chi connectivity index (χ0) is 59.4. The molecular formula is C63H90Cl2O13SSi2. The number of aliphatic hydroxyl groups excluding tert-OH is 4. The number of ether oxygens (including phenoxy) is 5. The van der Waals surface area contributed by atoms with Gasteiger partial charge in [-0.05, 0) is 168 Å². The number of hydrogen-bond donors (Lipinski definition) is 6. The van der Waals surface area contributed by atoms with Crippen molar-refractivity contribution < 1.29 is 63.6 Å². The van der Waals surface area contributed by atoms with Crippen LogP contribution in [0.25, 0.3) is 0 Å². The number of benzene rings is 4. The van der Waals surface area contributed by atoms with Crippen molar-refractivity contribution in [3.8, 4) is 0 Å². The lowest BCUT2D eigenvalue weighted by Gasteiger charge is -2.52. The molecule has 4 heterocycles. The van der Waals surface area contributed by atoms with Crippen LogP contribution < -0.4 is 0 Å². The summed E-state index contributed by atoms with van der Waals surface area (Å²) in [6.45, 7) is 15.9. The van der Waals surface area contributed by atoms with Gasteiger partial charge in [0.15, 0.2) is 16.6 Å². The van der Waals surface area contributed by atoms with E-state index in [1.165, 1.54) is 76.7 Å². The molecule has 0 amide bonds. The molecule has 18 heteroatoms. The van der Waals surface area contributed by atoms with Crippen molar-refractivity contribution in [1.82, 2.24) is 0 Å². The molecule has 13 nitrogen and oxygen atoms in total. The molecule has 12 atom stereocenters. The van der Waals surface area contributed by atoms with Gasteiger partial charge in [0.05, 0.1) is 43.2 Å². The zero-order valence-electron chi connectivity index (χ0n) is 49.9. The lowest BCUT2D eigenvalue weighted by molar-refractivity contribution is -0.366. The summed E-state index contributed by atoms with van der Waals surface area (Å²) in [5, 5.41) is 54.6. The van der Waals surface area contributed by atoms with Crippen molar-refractivity contribution >= 4 is 52.7 Å². The second-order valence-electron chi connectivity index (χ2n) is 25.5. The summed E-state index contributed by atoms with van der Waals surface area (Å²) in [7, 11) is -1.34. The molecule has 5 N–H and O–H groups in total. The summed E-state index contributed by atoms with van der Waals surface area (Å²) in [6.07, 6.45) is 5.87. The van der Waals surface area contributed by atoms with Crippen LogP contribution in [-0.2, 0) is 61.1 Å². The number of hydrogen-bond acceptors (Lipinski definition) is 14. The first kappa shape index (κ1) is 63.2. The van der Waals surface area contributed by atoms with E-state index in [0.29, 0.717) is 45.8 Å². The Hall–Kier alpha value is -2.28. The van der Waals surface area contributed by atoms with Crippen LogP contribution in [0, 0.1) is 5.92 Å². The minimum Gasteiger partial charge on any atom is -0.412 e. The van der Waals surface area contributed by atoms with Gasteiger partial charge in [-0.3, -0.25) is 0 Å². The van der Waals surface area contributed by atoms with Gasteiger partial charge in [0.1, 0.15) is 30.5 Å². The van der Waals surface area contributed by atoms with E-state index in [0.717, 1.165) is 48.3 Å². The van der Waals surface area contributed by atoms with E-state index >= 15 is 0 Å². The molecule has 0 radical (unpaired) electrons. The molecule has 4 aromatic carbocycles. The fraction of sp³-hybridized carbons (Fsp3) is 0.619. The van der Waals surface area contributed by atoms with Gasteiger partial charge in [-0.2, -0.15) is 0 Å². The van der Waals surface area contributed by atoms with Gasteiger partial charge < -0.3 is 62.3 Å². The Labute approximate surface area is 500 Å². The molecule has 0 bridgehead atoms. The molecule has 6 fully saturated rings. The Bertz CT molecular complexity index is 2700. The maximum absolute atomic E-state index is 12.5. The van der Waals surface area contributed by atoms with Gasteiger partial charge in [0.2, 0.25) is 11.6 Å². The van der Waals surface area contributed by atoms with Crippen LogP contribution in [0.3, 0.4) is 0 Å². The number of methoxy groups -OCH3 is 1. The summed E-state index contributed by atoms with van der Waals surface area (Å²) >= 11 is 16.6. The number of rotatable bonds is 14. The van der Waals surface area contributed by atoms with Crippen molar-refractivity contribution in [3.63, 3.8) is 0 Å². The van der Waals surface area contributed by atoms with Crippen LogP contribution in [0.2, 0.25) is 49.3 Å². The molecule has 6 aliphatic rings. The molecule has 448 valence electrons. The largest absolute Gasteiger partial charge is 0.412 e. The highest BCUT2D eigenvalue weighted by Gasteiger charge is 2.57. The van der Waals surface area contributed by atoms with Gasteiger partial charge >= 0.3 is 0 Å². The molecule has 10 rings (SSSR count). The van der Waals surface area contributed by atoms with E-state index < -0.39 is 77.5 Å². The lowest BCUT2D eigenvalue weighted by Crippen LogP contribution is -2.64. The standard InChI is InChI=1S/C34H51ClO5Si2.C28H35ClO7.CH4OS/c1-23-24(2)38-34(36,32(40-42(6,7)8)31(23)39-41(3,4)5)29-15-16-30(35)27(20-29)19-25-11-13-26(14-12-25)28-21-33(37-22-28)17-9-10-18-33;1-34-28(26(33)25(32)24(31)23(15-30)36-28)21-8-9-22(29)19(13-21)12-17-4-6-18(7-5-17)20-14-27(35-16-20)10-2-3-11-27;1-2-3/h11-16,20,23-24,28,31-32,36H,9-10,17-19,21-22H2,1-8H3;4-9,13,20,23-26,30-33H,2-3,10-12,14-16H2,1H3;3H,1H3/t23-,24-,28?,31+,32-,34?;20?,23-,24-,25+,26-,28?;/m11./s1/i2T;;. The zero-order valence-corrected chi connectivity index (χ0v) is 53.3. The minimum atomic E-state index is -2.14. The predicted molar refractivity (Wildman–Crippen MR) is 325 cm³/mol. The number of aliphatic hydroxyl groups is 5. The normalized spacial score (nSPS) is 31.8. The van der Waals surface area contributed by atoms with Gasteiger partial charge in [-0.25, -0.2) is 0 Å². The quantitative estimate of drug-likeness (QED) is 0.0400. The summed E-state index contributed by atoms with van der Waals surface area (Å²) in [6, 6.07) is 28.2. The highest BCUT2D eigenvalue weighted by Crippen LogP contribution is 2.49. The van der Waals surface area contributed by atoms with Crippen LogP contribution in [0.1, 0.15) is 136 Å².